The zero-order valence-corrected chi connectivity index (χ0v) is 24.0. The molecule has 4 rings (SSSR count). The minimum Gasteiger partial charge on any atom is -0.497 e. The molecule has 3 aromatic carbocycles. The number of methoxy groups -OCH3 is 1. The average molecular weight is 611 g/mol. The minimum absolute atomic E-state index is 0.0818. The van der Waals surface area contributed by atoms with Gasteiger partial charge in [-0.3, -0.25) is 24.5 Å². The van der Waals surface area contributed by atoms with E-state index in [9.17, 15) is 38.0 Å². The molecule has 2 atom stereocenters. The lowest BCUT2D eigenvalue weighted by Crippen LogP contribution is -2.54. The number of ether oxygens (including phenoxy) is 1. The number of nitro benzene ring substituents is 1. The maximum Gasteiger partial charge on any atom is 0.305 e. The molecule has 0 saturated carbocycles. The van der Waals surface area contributed by atoms with Crippen LogP contribution in [0.25, 0.3) is 0 Å². The summed E-state index contributed by atoms with van der Waals surface area (Å²) < 4.78 is 33.3. The van der Waals surface area contributed by atoms with Crippen LogP contribution < -0.4 is 10.1 Å². The van der Waals surface area contributed by atoms with Crippen LogP contribution in [0.5, 0.6) is 5.75 Å². The first-order valence-electron chi connectivity index (χ1n) is 13.2. The first-order valence-corrected chi connectivity index (χ1v) is 14.8. The molecule has 14 heteroatoms. The number of amides is 2. The van der Waals surface area contributed by atoms with Gasteiger partial charge in [0.2, 0.25) is 15.9 Å². The summed E-state index contributed by atoms with van der Waals surface area (Å²) in [6, 6.07) is 18.9. The number of non-ortho nitro benzene ring substituents is 1. The van der Waals surface area contributed by atoms with E-state index in [2.05, 4.69) is 5.32 Å². The summed E-state index contributed by atoms with van der Waals surface area (Å²) >= 11 is 0. The number of nitro groups is 1. The fourth-order valence-corrected chi connectivity index (χ4v) is 6.50. The largest absolute Gasteiger partial charge is 0.497 e. The monoisotopic (exact) mass is 610 g/mol. The lowest BCUT2D eigenvalue weighted by molar-refractivity contribution is -0.384. The number of sulfonamides is 1. The Morgan fingerprint density at radius 1 is 1.02 bits per heavy atom. The van der Waals surface area contributed by atoms with Gasteiger partial charge in [-0.05, 0) is 28.8 Å². The van der Waals surface area contributed by atoms with E-state index in [1.165, 1.54) is 25.3 Å². The van der Waals surface area contributed by atoms with Crippen molar-refractivity contribution in [3.05, 3.63) is 106 Å². The topological polar surface area (TPSA) is 176 Å². The normalized spacial score (nSPS) is 15.9. The number of carboxylic acid groups (broad SMARTS) is 1. The van der Waals surface area contributed by atoms with Gasteiger partial charge in [0.1, 0.15) is 5.75 Å². The molecule has 1 aliphatic heterocycles. The van der Waals surface area contributed by atoms with Gasteiger partial charge in [0.05, 0.1) is 36.7 Å². The fraction of sp³-hybridized carbons (Fsp3) is 0.276. The van der Waals surface area contributed by atoms with Crippen LogP contribution in [-0.4, -0.2) is 71.8 Å². The van der Waals surface area contributed by atoms with Gasteiger partial charge >= 0.3 is 5.97 Å². The molecular weight excluding hydrogens is 580 g/mol. The third-order valence-electron chi connectivity index (χ3n) is 6.93. The molecule has 43 heavy (non-hydrogen) atoms. The number of carboxylic acids is 1. The average Bonchev–Trinajstić information content (AvgIpc) is 3.44. The summed E-state index contributed by atoms with van der Waals surface area (Å²) in [6.07, 6.45) is -2.39. The molecule has 2 amide bonds. The molecule has 226 valence electrons. The Balaban J connectivity index is 1.66. The number of rotatable bonds is 12. The SMILES string of the molecule is COc1ccc(CC(=O)N2CCN(S(=O)(=O)Cc3ccccc3)C2C(=O)NC(CC(=O)O)c2cccc([N+](=O)[O-])c2)cc1. The molecule has 1 heterocycles. The maximum absolute atomic E-state index is 13.8. The van der Waals surface area contributed by atoms with E-state index in [1.54, 1.807) is 54.6 Å². The van der Waals surface area contributed by atoms with Gasteiger partial charge in [-0.2, -0.15) is 4.31 Å². The summed E-state index contributed by atoms with van der Waals surface area (Å²) in [5.74, 6) is -2.60. The Kier molecular flexibility index (Phi) is 9.73. The number of benzene rings is 3. The van der Waals surface area contributed by atoms with Crippen molar-refractivity contribution < 1.29 is 37.6 Å². The van der Waals surface area contributed by atoms with E-state index in [0.717, 1.165) is 15.3 Å². The molecule has 1 saturated heterocycles. The molecule has 1 aliphatic rings. The van der Waals surface area contributed by atoms with Gasteiger partial charge in [0.15, 0.2) is 6.17 Å². The van der Waals surface area contributed by atoms with E-state index < -0.39 is 57.1 Å². The van der Waals surface area contributed by atoms with Crippen LogP contribution in [0.4, 0.5) is 5.69 Å². The predicted octanol–water partition coefficient (Wildman–Crippen LogP) is 2.48. The van der Waals surface area contributed by atoms with Crippen molar-refractivity contribution in [1.82, 2.24) is 14.5 Å². The van der Waals surface area contributed by atoms with Crippen LogP contribution in [0.3, 0.4) is 0 Å². The smallest absolute Gasteiger partial charge is 0.305 e. The van der Waals surface area contributed by atoms with E-state index >= 15 is 0 Å². The number of nitrogens with zero attached hydrogens (tertiary/aromatic N) is 3. The second-order valence-electron chi connectivity index (χ2n) is 9.85. The molecule has 0 bridgehead atoms. The van der Waals surface area contributed by atoms with Crippen molar-refractivity contribution in [3.8, 4) is 5.75 Å². The van der Waals surface area contributed by atoms with Gasteiger partial charge < -0.3 is 20.1 Å². The van der Waals surface area contributed by atoms with E-state index in [-0.39, 0.29) is 30.8 Å². The van der Waals surface area contributed by atoms with Crippen molar-refractivity contribution in [2.45, 2.75) is 30.8 Å². The molecule has 0 aliphatic carbocycles. The third-order valence-corrected chi connectivity index (χ3v) is 8.72. The fourth-order valence-electron chi connectivity index (χ4n) is 4.85. The number of carbonyl (C=O) groups excluding carboxylic acids is 2. The number of hydrogen-bond donors (Lipinski definition) is 2. The Morgan fingerprint density at radius 2 is 1.72 bits per heavy atom. The highest BCUT2D eigenvalue weighted by atomic mass is 32.2. The standard InChI is InChI=1S/C29H30N4O9S/c1-42-24-12-10-20(11-13-24)16-26(34)31-14-15-32(43(40,41)19-21-6-3-2-4-7-21)29(31)28(37)30-25(18-27(35)36)22-8-5-9-23(17-22)33(38)39/h2-13,17,25,29H,14-16,18-19H2,1H3,(H,30,37)(H,35,36). The number of carbonyl (C=O) groups is 3. The summed E-state index contributed by atoms with van der Waals surface area (Å²) in [5.41, 5.74) is 0.907. The first-order chi connectivity index (χ1) is 20.5. The van der Waals surface area contributed by atoms with Crippen LogP contribution in [0.2, 0.25) is 0 Å². The molecular formula is C29H30N4O9S. The Morgan fingerprint density at radius 3 is 2.35 bits per heavy atom. The van der Waals surface area contributed by atoms with Gasteiger partial charge in [-0.25, -0.2) is 8.42 Å². The maximum atomic E-state index is 13.8. The quantitative estimate of drug-likeness (QED) is 0.230. The molecule has 0 radical (unpaired) electrons. The van der Waals surface area contributed by atoms with Gasteiger partial charge in [0, 0.05) is 25.2 Å². The van der Waals surface area contributed by atoms with Crippen molar-refractivity contribution in [3.63, 3.8) is 0 Å². The lowest BCUT2D eigenvalue weighted by atomic mass is 10.0. The number of aliphatic carboxylic acids is 1. The van der Waals surface area contributed by atoms with Crippen LogP contribution in [-0.2, 0) is 36.6 Å². The zero-order chi connectivity index (χ0) is 31.1. The lowest BCUT2D eigenvalue weighted by Gasteiger charge is -2.30. The van der Waals surface area contributed by atoms with Crippen LogP contribution >= 0.6 is 0 Å². The van der Waals surface area contributed by atoms with Crippen LogP contribution in [0, 0.1) is 10.1 Å². The highest BCUT2D eigenvalue weighted by Gasteiger charge is 2.46. The summed E-state index contributed by atoms with van der Waals surface area (Å²) in [4.78, 5) is 50.8. The molecule has 0 aromatic heterocycles. The molecule has 2 N–H and O–H groups in total. The van der Waals surface area contributed by atoms with Crippen molar-refractivity contribution in [1.29, 1.82) is 0 Å². The van der Waals surface area contributed by atoms with Gasteiger partial charge in [-0.1, -0.05) is 54.6 Å². The molecule has 13 nitrogen and oxygen atoms in total. The van der Waals surface area contributed by atoms with Crippen LogP contribution in [0.1, 0.15) is 29.2 Å². The number of hydrogen-bond acceptors (Lipinski definition) is 8. The Labute approximate surface area is 247 Å². The minimum atomic E-state index is -4.14. The highest BCUT2D eigenvalue weighted by Crippen LogP contribution is 2.27. The summed E-state index contributed by atoms with van der Waals surface area (Å²) in [5, 5.41) is 23.4. The number of nitrogens with one attached hydrogen (secondary N) is 1. The van der Waals surface area contributed by atoms with E-state index in [0.29, 0.717) is 16.9 Å². The van der Waals surface area contributed by atoms with Gasteiger partial charge in [0.25, 0.3) is 11.6 Å². The summed E-state index contributed by atoms with van der Waals surface area (Å²) in [7, 11) is -2.64. The van der Waals surface area contributed by atoms with Crippen LogP contribution in [0.15, 0.2) is 78.9 Å². The summed E-state index contributed by atoms with van der Waals surface area (Å²) in [6.45, 7) is -0.247. The van der Waals surface area contributed by atoms with Crippen molar-refractivity contribution >= 4 is 33.5 Å². The molecule has 1 fully saturated rings. The highest BCUT2D eigenvalue weighted by molar-refractivity contribution is 7.88. The Bertz CT molecular complexity index is 1600. The zero-order valence-electron chi connectivity index (χ0n) is 23.2. The molecule has 2 unspecified atom stereocenters. The first kappa shape index (κ1) is 31.1. The van der Waals surface area contributed by atoms with Gasteiger partial charge in [-0.15, -0.1) is 0 Å². The predicted molar refractivity (Wildman–Crippen MR) is 154 cm³/mol. The van der Waals surface area contributed by atoms with E-state index in [4.69, 9.17) is 4.74 Å². The van der Waals surface area contributed by atoms with Crippen molar-refractivity contribution in [2.75, 3.05) is 20.2 Å². The molecule has 0 spiro atoms. The second-order valence-corrected chi connectivity index (χ2v) is 11.8. The Hall–Kier alpha value is -4.82. The second kappa shape index (κ2) is 13.4. The van der Waals surface area contributed by atoms with Crippen molar-refractivity contribution in [2.24, 2.45) is 0 Å². The molecule has 3 aromatic rings. The van der Waals surface area contributed by atoms with E-state index in [1.807, 2.05) is 0 Å². The third kappa shape index (κ3) is 7.72.